The summed E-state index contributed by atoms with van der Waals surface area (Å²) >= 11 is 9.12. The molecule has 0 heterocycles. The first-order valence-corrected chi connectivity index (χ1v) is 6.63. The molecule has 0 aliphatic rings. The molecule has 5 heteroatoms. The summed E-state index contributed by atoms with van der Waals surface area (Å²) in [6.07, 6.45) is 0.810. The number of carbonyl (C=O) groups is 1. The van der Waals surface area contributed by atoms with Crippen molar-refractivity contribution in [2.24, 2.45) is 0 Å². The Morgan fingerprint density at radius 1 is 1.53 bits per heavy atom. The molecule has 0 fully saturated rings. The van der Waals surface area contributed by atoms with Gasteiger partial charge in [-0.3, -0.25) is 4.79 Å². The quantitative estimate of drug-likeness (QED) is 0.817. The first kappa shape index (κ1) is 14.5. The molecule has 1 rings (SSSR count). The Labute approximate surface area is 115 Å². The van der Waals surface area contributed by atoms with Gasteiger partial charge in [0.25, 0.3) is 5.91 Å². The van der Waals surface area contributed by atoms with Gasteiger partial charge in [-0.1, -0.05) is 11.6 Å². The Hall–Kier alpha value is -0.580. The predicted octanol–water partition coefficient (Wildman–Crippen LogP) is 3.26. The van der Waals surface area contributed by atoms with Crippen LogP contribution in [0.1, 0.15) is 23.7 Å². The zero-order valence-electron chi connectivity index (χ0n) is 9.63. The van der Waals surface area contributed by atoms with Crippen molar-refractivity contribution in [1.82, 2.24) is 5.32 Å². The Morgan fingerprint density at radius 2 is 2.29 bits per heavy atom. The molecule has 1 aromatic rings. The van der Waals surface area contributed by atoms with Crippen LogP contribution >= 0.6 is 27.5 Å². The van der Waals surface area contributed by atoms with Crippen LogP contribution in [0, 0.1) is 0 Å². The minimum atomic E-state index is -0.106. The number of hydrogen-bond acceptors (Lipinski definition) is 2. The van der Waals surface area contributed by atoms with Crippen molar-refractivity contribution >= 4 is 33.4 Å². The normalized spacial score (nSPS) is 10.3. The average molecular weight is 321 g/mol. The second-order valence-corrected chi connectivity index (χ2v) is 4.72. The van der Waals surface area contributed by atoms with Crippen LogP contribution in [-0.2, 0) is 4.74 Å². The lowest BCUT2D eigenvalue weighted by Crippen LogP contribution is -2.25. The minimum absolute atomic E-state index is 0.106. The summed E-state index contributed by atoms with van der Waals surface area (Å²) in [6, 6.07) is 5.10. The van der Waals surface area contributed by atoms with E-state index in [-0.39, 0.29) is 5.91 Å². The van der Waals surface area contributed by atoms with Crippen molar-refractivity contribution in [3.05, 3.63) is 33.3 Å². The van der Waals surface area contributed by atoms with E-state index in [0.717, 1.165) is 6.42 Å². The maximum absolute atomic E-state index is 11.8. The minimum Gasteiger partial charge on any atom is -0.382 e. The molecule has 17 heavy (non-hydrogen) atoms. The van der Waals surface area contributed by atoms with Crippen LogP contribution in [0.5, 0.6) is 0 Å². The maximum Gasteiger partial charge on any atom is 0.252 e. The van der Waals surface area contributed by atoms with Gasteiger partial charge in [-0.25, -0.2) is 0 Å². The van der Waals surface area contributed by atoms with Gasteiger partial charge < -0.3 is 10.1 Å². The number of amides is 1. The van der Waals surface area contributed by atoms with E-state index in [4.69, 9.17) is 16.3 Å². The predicted molar refractivity (Wildman–Crippen MR) is 72.6 cm³/mol. The van der Waals surface area contributed by atoms with E-state index in [2.05, 4.69) is 21.2 Å². The third kappa shape index (κ3) is 5.06. The molecule has 0 unspecified atom stereocenters. The van der Waals surface area contributed by atoms with E-state index in [1.54, 1.807) is 18.2 Å². The molecular formula is C12H15BrClNO2. The van der Waals surface area contributed by atoms with Gasteiger partial charge in [0.1, 0.15) is 0 Å². The fourth-order valence-corrected chi connectivity index (χ4v) is 2.15. The number of nitrogens with one attached hydrogen (secondary N) is 1. The van der Waals surface area contributed by atoms with E-state index in [9.17, 15) is 4.79 Å². The van der Waals surface area contributed by atoms with Crippen molar-refractivity contribution < 1.29 is 9.53 Å². The summed E-state index contributed by atoms with van der Waals surface area (Å²) < 4.78 is 5.88. The number of rotatable bonds is 6. The molecular weight excluding hydrogens is 305 g/mol. The van der Waals surface area contributed by atoms with Gasteiger partial charge in [-0.05, 0) is 47.5 Å². The molecule has 0 radical (unpaired) electrons. The van der Waals surface area contributed by atoms with E-state index in [0.29, 0.717) is 34.8 Å². The Morgan fingerprint density at radius 3 is 2.94 bits per heavy atom. The summed E-state index contributed by atoms with van der Waals surface area (Å²) in [5, 5.41) is 3.43. The zero-order chi connectivity index (χ0) is 12.7. The van der Waals surface area contributed by atoms with Crippen LogP contribution in [0.2, 0.25) is 5.02 Å². The van der Waals surface area contributed by atoms with E-state index < -0.39 is 0 Å². The van der Waals surface area contributed by atoms with Crippen molar-refractivity contribution in [1.29, 1.82) is 0 Å². The summed E-state index contributed by atoms with van der Waals surface area (Å²) in [5.74, 6) is -0.106. The topological polar surface area (TPSA) is 38.3 Å². The van der Waals surface area contributed by atoms with Crippen LogP contribution in [0.15, 0.2) is 22.7 Å². The van der Waals surface area contributed by atoms with Crippen molar-refractivity contribution in [2.45, 2.75) is 13.3 Å². The van der Waals surface area contributed by atoms with Gasteiger partial charge in [0.15, 0.2) is 0 Å². The average Bonchev–Trinajstić information content (AvgIpc) is 2.28. The first-order chi connectivity index (χ1) is 8.15. The number of carbonyl (C=O) groups excluding carboxylic acids is 1. The van der Waals surface area contributed by atoms with Crippen LogP contribution in [0.3, 0.4) is 0 Å². The van der Waals surface area contributed by atoms with Gasteiger partial charge in [-0.2, -0.15) is 0 Å². The Balaban J connectivity index is 2.42. The molecule has 1 N–H and O–H groups in total. The Bertz CT molecular complexity index is 385. The summed E-state index contributed by atoms with van der Waals surface area (Å²) in [6.45, 7) is 3.92. The van der Waals surface area contributed by atoms with Gasteiger partial charge in [0, 0.05) is 29.3 Å². The smallest absolute Gasteiger partial charge is 0.252 e. The van der Waals surface area contributed by atoms with Crippen molar-refractivity contribution in [3.63, 3.8) is 0 Å². The third-order valence-corrected chi connectivity index (χ3v) is 3.02. The third-order valence-electron chi connectivity index (χ3n) is 2.13. The molecule has 0 aliphatic carbocycles. The van der Waals surface area contributed by atoms with Gasteiger partial charge in [0.05, 0.1) is 5.56 Å². The second kappa shape index (κ2) is 7.69. The van der Waals surface area contributed by atoms with E-state index >= 15 is 0 Å². The van der Waals surface area contributed by atoms with Gasteiger partial charge in [-0.15, -0.1) is 0 Å². The first-order valence-electron chi connectivity index (χ1n) is 5.46. The monoisotopic (exact) mass is 319 g/mol. The van der Waals surface area contributed by atoms with E-state index in [1.165, 1.54) is 0 Å². The lowest BCUT2D eigenvalue weighted by molar-refractivity contribution is 0.0943. The van der Waals surface area contributed by atoms with Crippen molar-refractivity contribution in [2.75, 3.05) is 19.8 Å². The number of hydrogen-bond donors (Lipinski definition) is 1. The second-order valence-electron chi connectivity index (χ2n) is 3.43. The lowest BCUT2D eigenvalue weighted by atomic mass is 10.2. The van der Waals surface area contributed by atoms with E-state index in [1.807, 2.05) is 6.92 Å². The van der Waals surface area contributed by atoms with Gasteiger partial charge >= 0.3 is 0 Å². The highest BCUT2D eigenvalue weighted by Crippen LogP contribution is 2.21. The molecule has 0 atom stereocenters. The fraction of sp³-hybridized carbons (Fsp3) is 0.417. The number of benzene rings is 1. The van der Waals surface area contributed by atoms with Crippen LogP contribution in [-0.4, -0.2) is 25.7 Å². The SMILES string of the molecule is CCOCCCNC(=O)c1ccc(Cl)cc1Br. The highest BCUT2D eigenvalue weighted by Gasteiger charge is 2.09. The number of ether oxygens (including phenoxy) is 1. The molecule has 0 aliphatic heterocycles. The summed E-state index contributed by atoms with van der Waals surface area (Å²) in [7, 11) is 0. The molecule has 0 bridgehead atoms. The highest BCUT2D eigenvalue weighted by molar-refractivity contribution is 9.10. The standard InChI is InChI=1S/C12H15BrClNO2/c1-2-17-7-3-6-15-12(16)10-5-4-9(14)8-11(10)13/h4-5,8H,2-3,6-7H2,1H3,(H,15,16). The fourth-order valence-electron chi connectivity index (χ4n) is 1.29. The molecule has 0 aromatic heterocycles. The Kier molecular flexibility index (Phi) is 6.55. The summed E-state index contributed by atoms with van der Waals surface area (Å²) in [5.41, 5.74) is 0.589. The zero-order valence-corrected chi connectivity index (χ0v) is 12.0. The molecule has 3 nitrogen and oxygen atoms in total. The summed E-state index contributed by atoms with van der Waals surface area (Å²) in [4.78, 5) is 11.8. The highest BCUT2D eigenvalue weighted by atomic mass is 79.9. The molecule has 0 saturated heterocycles. The number of halogens is 2. The molecule has 0 saturated carbocycles. The van der Waals surface area contributed by atoms with Crippen LogP contribution < -0.4 is 5.32 Å². The molecule has 0 spiro atoms. The van der Waals surface area contributed by atoms with Gasteiger partial charge in [0.2, 0.25) is 0 Å². The van der Waals surface area contributed by atoms with Crippen molar-refractivity contribution in [3.8, 4) is 0 Å². The molecule has 1 amide bonds. The maximum atomic E-state index is 11.8. The largest absolute Gasteiger partial charge is 0.382 e. The van der Waals surface area contributed by atoms with Crippen LogP contribution in [0.4, 0.5) is 0 Å². The lowest BCUT2D eigenvalue weighted by Gasteiger charge is -2.07. The molecule has 1 aromatic carbocycles. The van der Waals surface area contributed by atoms with Crippen LogP contribution in [0.25, 0.3) is 0 Å². The molecule has 94 valence electrons.